The number of nitrogens with zero attached hydrogens (tertiary/aromatic N) is 18. The van der Waals surface area contributed by atoms with Crippen molar-refractivity contribution in [3.8, 4) is 0 Å². The molecule has 0 aliphatic heterocycles. The van der Waals surface area contributed by atoms with Crippen molar-refractivity contribution in [2.75, 3.05) is 34.4 Å². The van der Waals surface area contributed by atoms with Gasteiger partial charge < -0.3 is 60.0 Å². The van der Waals surface area contributed by atoms with Crippen LogP contribution in [0.3, 0.4) is 0 Å². The van der Waals surface area contributed by atoms with Crippen LogP contribution in [0.15, 0.2) is 50.1 Å². The van der Waals surface area contributed by atoms with E-state index < -0.39 is 48.6 Å². The molecule has 0 unspecified atom stereocenters. The van der Waals surface area contributed by atoms with Gasteiger partial charge in [0.15, 0.2) is 34.0 Å². The minimum atomic E-state index is -1.12. The second-order valence-electron chi connectivity index (χ2n) is 19.4. The number of aryl methyl sites for hydroxylation is 4. The van der Waals surface area contributed by atoms with Crippen molar-refractivity contribution in [1.82, 2.24) is 88.1 Å². The van der Waals surface area contributed by atoms with Gasteiger partial charge in [-0.25, -0.2) is 19.9 Å². The van der Waals surface area contributed by atoms with E-state index in [1.165, 1.54) is 9.59 Å². The van der Waals surface area contributed by atoms with Gasteiger partial charge in [-0.15, -0.1) is 0 Å². The Balaban J connectivity index is 0.821. The van der Waals surface area contributed by atoms with Gasteiger partial charge in [-0.05, 0) is 51.4 Å². The third-order valence-electron chi connectivity index (χ3n) is 14.5. The van der Waals surface area contributed by atoms with Crippen molar-refractivity contribution in [1.29, 1.82) is 0 Å². The molecule has 0 radical (unpaired) electrons. The molecule has 3 aliphatic rings. The molecular weight excluding hydrogens is 925 g/mol. The monoisotopic (exact) mass is 987 g/mol. The Kier molecular flexibility index (Phi) is 13.0. The Hall–Kier alpha value is -7.16. The van der Waals surface area contributed by atoms with Gasteiger partial charge in [0.05, 0.1) is 72.6 Å². The Labute approximate surface area is 413 Å². The maximum absolute atomic E-state index is 11.5. The van der Waals surface area contributed by atoms with E-state index in [1.54, 1.807) is 37.7 Å². The van der Waals surface area contributed by atoms with Crippen LogP contribution in [0.2, 0.25) is 0 Å². The first kappa shape index (κ1) is 47.2. The molecule has 8 heterocycles. The van der Waals surface area contributed by atoms with Crippen LogP contribution in [0.1, 0.15) is 99.3 Å². The van der Waals surface area contributed by atoms with Gasteiger partial charge in [0.1, 0.15) is 36.5 Å². The van der Waals surface area contributed by atoms with Crippen molar-refractivity contribution in [3.05, 3.63) is 72.9 Å². The number of aliphatic hydroxyl groups is 4. The van der Waals surface area contributed by atoms with Crippen LogP contribution in [-0.4, -0.2) is 158 Å². The maximum atomic E-state index is 11.5. The summed E-state index contributed by atoms with van der Waals surface area (Å²) in [5, 5.41) is 77.6. The zero-order chi connectivity index (χ0) is 49.6. The zero-order valence-electron chi connectivity index (χ0n) is 40.7. The van der Waals surface area contributed by atoms with Gasteiger partial charge in [-0.3, -0.25) is 0 Å². The first-order valence-electron chi connectivity index (χ1n) is 25.0. The summed E-state index contributed by atoms with van der Waals surface area (Å²) in [6.45, 7) is 5.06. The van der Waals surface area contributed by atoms with Gasteiger partial charge >= 0.3 is 0 Å². The van der Waals surface area contributed by atoms with Gasteiger partial charge in [0.2, 0.25) is 11.9 Å². The Bertz CT molecular complexity index is 2920. The van der Waals surface area contributed by atoms with Crippen molar-refractivity contribution in [3.63, 3.8) is 0 Å². The van der Waals surface area contributed by atoms with E-state index in [9.17, 15) is 20.4 Å². The van der Waals surface area contributed by atoms with Crippen LogP contribution >= 0.6 is 0 Å². The summed E-state index contributed by atoms with van der Waals surface area (Å²) >= 11 is 0. The molecule has 0 amide bonds. The second-order valence-corrected chi connectivity index (χ2v) is 19.4. The molecule has 0 aromatic carbocycles. The molecular formula is C46H62N22O4. The molecule has 3 fully saturated rings. The van der Waals surface area contributed by atoms with Crippen LogP contribution in [-0.2, 0) is 39.8 Å². The molecule has 8 N–H and O–H groups in total. The molecule has 72 heavy (non-hydrogen) atoms. The normalized spacial score (nSPS) is 25.5. The van der Waals surface area contributed by atoms with E-state index in [1.807, 2.05) is 58.6 Å². The third kappa shape index (κ3) is 9.29. The van der Waals surface area contributed by atoms with E-state index >= 15 is 0 Å². The molecule has 26 heteroatoms. The predicted molar refractivity (Wildman–Crippen MR) is 263 cm³/mol. The summed E-state index contributed by atoms with van der Waals surface area (Å²) in [7, 11) is 3.88. The van der Waals surface area contributed by atoms with Crippen molar-refractivity contribution < 1.29 is 20.4 Å². The maximum Gasteiger partial charge on any atom is 0.226 e. The highest BCUT2D eigenvalue weighted by Gasteiger charge is 2.46. The molecule has 0 saturated heterocycles. The van der Waals surface area contributed by atoms with E-state index in [0.29, 0.717) is 97.5 Å². The second kappa shape index (κ2) is 19.8. The van der Waals surface area contributed by atoms with Crippen LogP contribution in [0, 0.1) is 0 Å². The fourth-order valence-electron chi connectivity index (χ4n) is 10.5. The van der Waals surface area contributed by atoms with Gasteiger partial charge in [-0.1, -0.05) is 13.8 Å². The third-order valence-corrected chi connectivity index (χ3v) is 14.5. The molecule has 8 aromatic rings. The number of imidazole rings is 4. The number of anilines is 4. The largest absolute Gasteiger partial charge is 0.388 e. The number of hydrogen-bond donors (Lipinski definition) is 8. The zero-order valence-corrected chi connectivity index (χ0v) is 40.7. The highest BCUT2D eigenvalue weighted by molar-refractivity contribution is 5.85. The quantitative estimate of drug-likeness (QED) is 0.0607. The van der Waals surface area contributed by atoms with Gasteiger partial charge in [-0.2, -0.15) is 49.9 Å². The average Bonchev–Trinajstić information content (AvgIpc) is 4.26. The topological polar surface area (TPSA) is 313 Å². The lowest BCUT2D eigenvalue weighted by atomic mass is 9.91. The number of fused-ring (bicyclic) bond motifs is 2. The van der Waals surface area contributed by atoms with Gasteiger partial charge in [0, 0.05) is 64.5 Å². The smallest absolute Gasteiger partial charge is 0.226 e. The summed E-state index contributed by atoms with van der Waals surface area (Å²) < 4.78 is 7.50. The fourth-order valence-corrected chi connectivity index (χ4v) is 10.5. The minimum Gasteiger partial charge on any atom is -0.388 e. The van der Waals surface area contributed by atoms with E-state index in [-0.39, 0.29) is 12.1 Å². The first-order valence-corrected chi connectivity index (χ1v) is 25.0. The summed E-state index contributed by atoms with van der Waals surface area (Å²) in [5.74, 6) is 1.95. The summed E-state index contributed by atoms with van der Waals surface area (Å²) in [6.07, 6.45) is 16.4. The van der Waals surface area contributed by atoms with Crippen LogP contribution < -0.4 is 21.3 Å². The lowest BCUT2D eigenvalue weighted by Crippen LogP contribution is -2.33. The Morgan fingerprint density at radius 1 is 0.528 bits per heavy atom. The van der Waals surface area contributed by atoms with E-state index in [0.717, 1.165) is 48.5 Å². The molecule has 26 nitrogen and oxygen atoms in total. The van der Waals surface area contributed by atoms with Crippen molar-refractivity contribution in [2.24, 2.45) is 14.1 Å². The van der Waals surface area contributed by atoms with E-state index in [4.69, 9.17) is 29.9 Å². The minimum absolute atomic E-state index is 0.0453. The van der Waals surface area contributed by atoms with Crippen LogP contribution in [0.4, 0.5) is 23.5 Å². The Morgan fingerprint density at radius 2 is 0.944 bits per heavy atom. The first-order chi connectivity index (χ1) is 35.0. The molecule has 3 saturated carbocycles. The lowest BCUT2D eigenvalue weighted by Gasteiger charge is -2.30. The number of nitrogens with one attached hydrogen (secondary N) is 4. The van der Waals surface area contributed by atoms with Crippen molar-refractivity contribution in [2.45, 2.75) is 139 Å². The molecule has 8 atom stereocenters. The summed E-state index contributed by atoms with van der Waals surface area (Å²) in [6, 6.07) is -2.06. The number of rotatable bonds is 18. The SMILES string of the molecule is CCc1cnn([C@H]2C[C@@H](n3cnc4c(NC5CCC(Nc6nc(NCCc7cn(C)cn7)nc7c6ncn7[C@@H]6C[C@H](n7ncc(CC)n7)[C@@H](O)[C@H]6O)CC5)nc(NCCc5cn(C)cn5)nc43)[C@H](O)[C@@H]2O)n1. The number of aliphatic hydroxyl groups excluding tert-OH is 4. The number of hydrogen-bond acceptors (Lipinski definition) is 20. The standard InChI is InChI=1S/C46H62N22O4/c1-5-25-17-53-67(61-25)33-15-31(37(69)39(33)71)65-23-51-35-41(57-45(59-43(35)65)47-13-11-29-19-63(3)21-49-29)55-27-7-9-28(10-8-27)56-42-36-44(60-46(58-42)48-14-12-30-20-64(4)22-50-30)66(24-52-36)32-16-34(40(72)38(32)70)68-54-18-26(6-2)62-68/h17-24,27-28,31-34,37-40,69-72H,5-16H2,1-4H3,(H2,47,55,57,59)(H2,48,56,58,60)/t27?,28?,31-,32-,33+,34+,37+,38+,39-,40-/m1/s1. The molecule has 380 valence electrons. The molecule has 0 bridgehead atoms. The molecule has 0 spiro atoms. The Morgan fingerprint density at radius 3 is 1.32 bits per heavy atom. The highest BCUT2D eigenvalue weighted by Crippen LogP contribution is 2.42. The molecule has 11 rings (SSSR count). The average molecular weight is 987 g/mol. The lowest BCUT2D eigenvalue weighted by molar-refractivity contribution is 0.00497. The predicted octanol–water partition coefficient (Wildman–Crippen LogP) is 1.70. The summed E-state index contributed by atoms with van der Waals surface area (Å²) in [5.41, 5.74) is 5.66. The van der Waals surface area contributed by atoms with E-state index in [2.05, 4.69) is 51.6 Å². The molecule has 8 aromatic heterocycles. The highest BCUT2D eigenvalue weighted by atomic mass is 16.3. The van der Waals surface area contributed by atoms with Gasteiger partial charge in [0.25, 0.3) is 0 Å². The van der Waals surface area contributed by atoms with Crippen molar-refractivity contribution >= 4 is 45.9 Å². The summed E-state index contributed by atoms with van der Waals surface area (Å²) in [4.78, 5) is 41.4. The number of aromatic nitrogens is 18. The molecule has 3 aliphatic carbocycles. The fraction of sp³-hybridized carbons (Fsp3) is 0.565. The van der Waals surface area contributed by atoms with Crippen LogP contribution in [0.25, 0.3) is 22.3 Å². The van der Waals surface area contributed by atoms with Crippen LogP contribution in [0.5, 0.6) is 0 Å².